The van der Waals surface area contributed by atoms with E-state index in [0.29, 0.717) is 0 Å². The topological polar surface area (TPSA) is 70.1 Å². The number of aromatic nitrogens is 2. The van der Waals surface area contributed by atoms with Crippen molar-refractivity contribution < 1.29 is 9.72 Å². The zero-order chi connectivity index (χ0) is 19.1. The Morgan fingerprint density at radius 2 is 1.59 bits per heavy atom. The fourth-order valence-corrected chi connectivity index (χ4v) is 3.50. The van der Waals surface area contributed by atoms with Gasteiger partial charge in [-0.3, -0.25) is 14.9 Å². The van der Waals surface area contributed by atoms with Crippen LogP contribution in [0.5, 0.6) is 0 Å². The molecule has 4 rings (SSSR count). The molecule has 0 aliphatic heterocycles. The standard InChI is InChI=1S/C21H17N3O3/c1-22-17-7-3-5-14-6-4-8-18(21(14)17)23(2)20(22)12-9-15-13-16(24(26)27)10-11-19(15)25/h3-13H,1-2H3/b15-9+. The van der Waals surface area contributed by atoms with Gasteiger partial charge in [0.25, 0.3) is 5.70 Å². The highest BCUT2D eigenvalue weighted by molar-refractivity contribution is 6.08. The predicted octanol–water partition coefficient (Wildman–Crippen LogP) is 2.96. The van der Waals surface area contributed by atoms with Crippen LogP contribution in [0.1, 0.15) is 0 Å². The van der Waals surface area contributed by atoms with Crippen LogP contribution in [0.25, 0.3) is 27.9 Å². The van der Waals surface area contributed by atoms with Crippen molar-refractivity contribution in [2.45, 2.75) is 0 Å². The van der Waals surface area contributed by atoms with Gasteiger partial charge in [0.1, 0.15) is 5.48 Å². The van der Waals surface area contributed by atoms with Crippen molar-refractivity contribution in [1.29, 1.82) is 0 Å². The maximum atomic E-state index is 12.1. The molecule has 0 spiro atoms. The zero-order valence-electron chi connectivity index (χ0n) is 14.9. The summed E-state index contributed by atoms with van der Waals surface area (Å²) in [6.07, 6.45) is 7.20. The van der Waals surface area contributed by atoms with Crippen LogP contribution in [-0.4, -0.2) is 19.8 Å². The first-order valence-electron chi connectivity index (χ1n) is 8.47. The smallest absolute Gasteiger partial charge is 0.270 e. The second kappa shape index (κ2) is 6.25. The first-order valence-corrected chi connectivity index (χ1v) is 8.47. The molecule has 0 unspecified atom stereocenters. The number of hydrogen-bond donors (Lipinski definition) is 0. The Bertz CT molecular complexity index is 1230. The largest absolute Gasteiger partial charge is 0.330 e. The van der Waals surface area contributed by atoms with Crippen LogP contribution in [-0.2, 0) is 18.9 Å². The fraction of sp³-hybridized carbons (Fsp3) is 0.0952. The molecule has 1 heterocycles. The van der Waals surface area contributed by atoms with Gasteiger partial charge >= 0.3 is 0 Å². The minimum Gasteiger partial charge on any atom is -0.330 e. The number of hydrogen-bond acceptors (Lipinski definition) is 3. The Morgan fingerprint density at radius 3 is 2.19 bits per heavy atom. The van der Waals surface area contributed by atoms with Crippen LogP contribution in [0.2, 0.25) is 0 Å². The molecule has 1 aliphatic rings. The average molecular weight is 359 g/mol. The molecule has 1 aliphatic carbocycles. The van der Waals surface area contributed by atoms with Crippen LogP contribution in [0.4, 0.5) is 0 Å². The monoisotopic (exact) mass is 359 g/mol. The van der Waals surface area contributed by atoms with Gasteiger partial charge in [-0.2, -0.15) is 0 Å². The lowest BCUT2D eigenvalue weighted by molar-refractivity contribution is -0.419. The molecule has 6 heteroatoms. The third kappa shape index (κ3) is 2.71. The molecule has 0 bridgehead atoms. The molecule has 0 N–H and O–H groups in total. The number of benzene rings is 2. The average Bonchev–Trinajstić information content (AvgIpc) is 2.67. The summed E-state index contributed by atoms with van der Waals surface area (Å²) in [6.45, 7) is 0. The second-order valence-corrected chi connectivity index (χ2v) is 6.44. The van der Waals surface area contributed by atoms with E-state index >= 15 is 0 Å². The molecular weight excluding hydrogens is 342 g/mol. The minimum absolute atomic E-state index is 0.0975. The summed E-state index contributed by atoms with van der Waals surface area (Å²) in [5, 5.41) is 13.3. The van der Waals surface area contributed by atoms with Gasteiger partial charge in [0.2, 0.25) is 0 Å². The van der Waals surface area contributed by atoms with E-state index in [4.69, 9.17) is 0 Å². The Labute approximate surface area is 154 Å². The van der Waals surface area contributed by atoms with Crippen molar-refractivity contribution in [3.05, 3.63) is 87.6 Å². The minimum atomic E-state index is -0.500. The number of ketones is 1. The number of aryl methyl sites for hydroxylation is 2. The van der Waals surface area contributed by atoms with E-state index in [0.717, 1.165) is 21.9 Å². The molecule has 3 aromatic rings. The van der Waals surface area contributed by atoms with Gasteiger partial charge in [0.15, 0.2) is 5.78 Å². The van der Waals surface area contributed by atoms with Crippen LogP contribution in [0.15, 0.2) is 72.0 Å². The van der Waals surface area contributed by atoms with Crippen molar-refractivity contribution >= 4 is 33.7 Å². The highest BCUT2D eigenvalue weighted by Crippen LogP contribution is 2.24. The molecule has 0 saturated heterocycles. The maximum absolute atomic E-state index is 12.1. The molecule has 0 amide bonds. The first kappa shape index (κ1) is 16.8. The van der Waals surface area contributed by atoms with Gasteiger partial charge in [-0.05, 0) is 35.7 Å². The van der Waals surface area contributed by atoms with Crippen molar-refractivity contribution in [3.63, 3.8) is 0 Å². The third-order valence-corrected chi connectivity index (χ3v) is 4.89. The van der Waals surface area contributed by atoms with Gasteiger partial charge in [-0.1, -0.05) is 24.3 Å². The van der Waals surface area contributed by atoms with Crippen molar-refractivity contribution in [2.75, 3.05) is 0 Å². The van der Waals surface area contributed by atoms with Crippen LogP contribution >= 0.6 is 0 Å². The quantitative estimate of drug-likeness (QED) is 0.401. The molecule has 2 aromatic carbocycles. The first-order chi connectivity index (χ1) is 13.0. The van der Waals surface area contributed by atoms with Crippen LogP contribution < -0.4 is 5.48 Å². The lowest BCUT2D eigenvalue weighted by Crippen LogP contribution is -2.28. The van der Waals surface area contributed by atoms with Crippen molar-refractivity contribution in [2.24, 2.45) is 14.1 Å². The number of carbonyl (C=O) groups excluding carboxylic acids is 1. The third-order valence-electron chi connectivity index (χ3n) is 4.89. The molecule has 134 valence electrons. The highest BCUT2D eigenvalue weighted by Gasteiger charge is 2.16. The number of nitro groups is 1. The van der Waals surface area contributed by atoms with Crippen LogP contribution in [0.3, 0.4) is 0 Å². The predicted molar refractivity (Wildman–Crippen MR) is 105 cm³/mol. The summed E-state index contributed by atoms with van der Waals surface area (Å²) in [5.41, 5.74) is 3.20. The molecule has 27 heavy (non-hydrogen) atoms. The maximum Gasteiger partial charge on any atom is 0.270 e. The fourth-order valence-electron chi connectivity index (χ4n) is 3.50. The molecule has 6 nitrogen and oxygen atoms in total. The van der Waals surface area contributed by atoms with Crippen molar-refractivity contribution in [3.8, 4) is 0 Å². The summed E-state index contributed by atoms with van der Waals surface area (Å²) in [6, 6.07) is 12.3. The van der Waals surface area contributed by atoms with E-state index in [1.54, 1.807) is 6.08 Å². The summed E-state index contributed by atoms with van der Waals surface area (Å²) < 4.78 is 4.10. The number of rotatable bonds is 2. The van der Waals surface area contributed by atoms with Gasteiger partial charge < -0.3 is 9.13 Å². The molecule has 1 aromatic heterocycles. The van der Waals surface area contributed by atoms with E-state index in [-0.39, 0.29) is 17.1 Å². The Balaban J connectivity index is 1.98. The molecule has 0 radical (unpaired) electrons. The summed E-state index contributed by atoms with van der Waals surface area (Å²) in [5.74, 6) is -0.249. The summed E-state index contributed by atoms with van der Waals surface area (Å²) >= 11 is 0. The second-order valence-electron chi connectivity index (χ2n) is 6.44. The van der Waals surface area contributed by atoms with E-state index in [2.05, 4.69) is 24.3 Å². The summed E-state index contributed by atoms with van der Waals surface area (Å²) in [4.78, 5) is 22.5. The Hall–Kier alpha value is -3.67. The lowest BCUT2D eigenvalue weighted by atomic mass is 10.0. The van der Waals surface area contributed by atoms with E-state index in [9.17, 15) is 14.9 Å². The number of allylic oxidation sites excluding steroid dienone is 5. The van der Waals surface area contributed by atoms with Crippen LogP contribution in [0, 0.1) is 10.1 Å². The van der Waals surface area contributed by atoms with E-state index < -0.39 is 4.92 Å². The number of carbonyl (C=O) groups is 1. The van der Waals surface area contributed by atoms with Gasteiger partial charge in [-0.25, -0.2) is 0 Å². The van der Waals surface area contributed by atoms with Gasteiger partial charge in [0.05, 0.1) is 16.0 Å². The molecule has 0 atom stereocenters. The summed E-state index contributed by atoms with van der Waals surface area (Å²) in [7, 11) is 3.93. The SMILES string of the molecule is Cn1c(=C/C=C2\C=C([N+](=O)[O-])C=CC2=O)n(C)c2cccc3cccc1c32. The Morgan fingerprint density at radius 1 is 0.963 bits per heavy atom. The highest BCUT2D eigenvalue weighted by atomic mass is 16.6. The Kier molecular flexibility index (Phi) is 3.88. The zero-order valence-corrected chi connectivity index (χ0v) is 14.9. The number of nitrogens with zero attached hydrogens (tertiary/aromatic N) is 3. The van der Waals surface area contributed by atoms with Gasteiger partial charge in [0, 0.05) is 37.2 Å². The van der Waals surface area contributed by atoms with E-state index in [1.165, 1.54) is 23.6 Å². The van der Waals surface area contributed by atoms with Crippen molar-refractivity contribution in [1.82, 2.24) is 9.13 Å². The van der Waals surface area contributed by atoms with E-state index in [1.807, 2.05) is 41.4 Å². The molecule has 0 saturated carbocycles. The molecule has 0 fully saturated rings. The van der Waals surface area contributed by atoms with Gasteiger partial charge in [-0.15, -0.1) is 0 Å². The molecular formula is C21H17N3O3. The lowest BCUT2D eigenvalue weighted by Gasteiger charge is -2.16. The normalized spacial score (nSPS) is 15.6.